The molecule has 16 nitrogen and oxygen atoms in total. The fraction of sp³-hybridized carbons (Fsp3) is 0.688. The van der Waals surface area contributed by atoms with Crippen molar-refractivity contribution in [3.8, 4) is 0 Å². The molecule has 5 atom stereocenters. The normalized spacial score (nSPS) is 14.6. The molecule has 111 heavy (non-hydrogen) atoms. The fourth-order valence-electron chi connectivity index (χ4n) is 11.6. The highest BCUT2D eigenvalue weighted by atomic mass is 31.2. The Morgan fingerprint density at radius 1 is 0.261 bits per heavy atom. The van der Waals surface area contributed by atoms with Gasteiger partial charge in [0.15, 0.2) is 6.10 Å². The summed E-state index contributed by atoms with van der Waals surface area (Å²) in [4.78, 5) is 58.8. The molecule has 4 N–H and O–H groups in total. The number of hydrogen-bond donors (Lipinski definition) is 4. The molecule has 0 amide bonds. The molecule has 18 heteroatoms. The summed E-state index contributed by atoms with van der Waals surface area (Å²) >= 11 is 0. The molecule has 0 spiro atoms. The quantitative estimate of drug-likeness (QED) is 0.0146. The van der Waals surface area contributed by atoms with Gasteiger partial charge in [0.25, 0.3) is 0 Å². The molecule has 0 bridgehead atoms. The van der Waals surface area contributed by atoms with E-state index in [4.69, 9.17) is 32.3 Å². The number of esters is 3. The summed E-state index contributed by atoms with van der Waals surface area (Å²) in [6.07, 6.45) is 107. The van der Waals surface area contributed by atoms with E-state index in [0.29, 0.717) is 19.3 Å². The Morgan fingerprint density at radius 2 is 0.477 bits per heavy atom. The van der Waals surface area contributed by atoms with Crippen LogP contribution in [0, 0.1) is 0 Å². The first-order valence-electron chi connectivity index (χ1n) is 43.8. The summed E-state index contributed by atoms with van der Waals surface area (Å²) in [5, 5.41) is 20.7. The molecule has 0 saturated heterocycles. The lowest BCUT2D eigenvalue weighted by atomic mass is 10.0. The van der Waals surface area contributed by atoms with Gasteiger partial charge in [-0.3, -0.25) is 32.5 Å². The van der Waals surface area contributed by atoms with Crippen molar-refractivity contribution in [2.75, 3.05) is 39.6 Å². The number of carbonyl (C=O) groups is 3. The lowest BCUT2D eigenvalue weighted by Crippen LogP contribution is -2.30. The maximum absolute atomic E-state index is 13.0. The number of phosphoric acid groups is 2. The van der Waals surface area contributed by atoms with Crippen molar-refractivity contribution in [2.24, 2.45) is 0 Å². The third kappa shape index (κ3) is 85.9. The van der Waals surface area contributed by atoms with Gasteiger partial charge in [-0.15, -0.1) is 0 Å². The van der Waals surface area contributed by atoms with Crippen molar-refractivity contribution in [1.82, 2.24) is 0 Å². The van der Waals surface area contributed by atoms with Gasteiger partial charge in [-0.2, -0.15) is 0 Å². The van der Waals surface area contributed by atoms with Gasteiger partial charge in [-0.05, 0) is 148 Å². The van der Waals surface area contributed by atoms with Crippen LogP contribution in [0.25, 0.3) is 0 Å². The van der Waals surface area contributed by atoms with Crippen LogP contribution in [-0.4, -0.2) is 95.9 Å². The number of unbranched alkanes of at least 4 members (excludes halogenated alkanes) is 33. The minimum Gasteiger partial charge on any atom is -0.463 e. The molecular weight excluding hydrogens is 1430 g/mol. The molecule has 0 aromatic heterocycles. The molecular formula is C93H158O16P2. The Bertz CT molecular complexity index is 2650. The van der Waals surface area contributed by atoms with Crippen molar-refractivity contribution < 1.29 is 75.8 Å². The van der Waals surface area contributed by atoms with E-state index in [1.165, 1.54) is 128 Å². The van der Waals surface area contributed by atoms with E-state index in [1.54, 1.807) is 0 Å². The second-order valence-corrected chi connectivity index (χ2v) is 31.8. The maximum atomic E-state index is 13.0. The van der Waals surface area contributed by atoms with Gasteiger partial charge >= 0.3 is 33.6 Å². The summed E-state index contributed by atoms with van der Waals surface area (Å²) < 4.78 is 61.3. The second-order valence-electron chi connectivity index (χ2n) is 28.9. The largest absolute Gasteiger partial charge is 0.472 e. The van der Waals surface area contributed by atoms with Crippen LogP contribution in [0.3, 0.4) is 0 Å². The van der Waals surface area contributed by atoms with Crippen LogP contribution in [0.4, 0.5) is 0 Å². The number of allylic oxidation sites excluding steroid dienone is 26. The van der Waals surface area contributed by atoms with E-state index >= 15 is 0 Å². The first kappa shape index (κ1) is 106. The van der Waals surface area contributed by atoms with Gasteiger partial charge in [0, 0.05) is 19.3 Å². The van der Waals surface area contributed by atoms with Gasteiger partial charge in [0.05, 0.1) is 26.4 Å². The van der Waals surface area contributed by atoms with E-state index in [2.05, 4.69) is 179 Å². The Kier molecular flexibility index (Phi) is 80.9. The van der Waals surface area contributed by atoms with Gasteiger partial charge in [-0.1, -0.05) is 346 Å². The van der Waals surface area contributed by atoms with Gasteiger partial charge in [0.1, 0.15) is 25.4 Å². The Morgan fingerprint density at radius 3 is 0.757 bits per heavy atom. The summed E-state index contributed by atoms with van der Waals surface area (Å²) in [5.74, 6) is -1.59. The first-order valence-corrected chi connectivity index (χ1v) is 46.8. The standard InChI is InChI=1S/C93H158O16P2/c1-4-7-10-13-16-19-22-25-28-30-32-34-36-38-40-42-43-45-47-48-50-52-54-56-59-61-64-67-70-73-76-79-91(96)103-82-88(94)83-105-110(99,100)106-84-89(95)85-107-111(101,102)108-87-90(109-93(98)81-78-75-72-69-66-63-58-27-24-21-18-15-12-9-6-3)86-104-92(97)80-77-74-71-68-65-62-60-57-55-53-51-49-46-44-41-39-37-35-33-31-29-26-23-20-17-14-11-8-5-2/h7-8,10-11,16-21,25-29,32-35,38-41,46,49,58,88-90,94-95H,4-6,9,12-15,22-24,30-31,36-37,42-45,47-48,50-57,59-87H2,1-3H3,(H,99,100)(H,101,102)/b10-7-,11-8-,19-16-,20-17-,21-18-,28-25-,29-26-,34-32-,35-33-,40-38-,41-39-,49-46-,58-27-. The van der Waals surface area contributed by atoms with Crippen LogP contribution >= 0.6 is 15.6 Å². The number of hydrogen-bond acceptors (Lipinski definition) is 14. The zero-order valence-corrected chi connectivity index (χ0v) is 71.6. The van der Waals surface area contributed by atoms with E-state index in [-0.39, 0.29) is 19.3 Å². The molecule has 0 aromatic carbocycles. The molecule has 0 aromatic rings. The summed E-state index contributed by atoms with van der Waals surface area (Å²) in [7, 11) is -9.81. The van der Waals surface area contributed by atoms with Crippen molar-refractivity contribution >= 4 is 33.6 Å². The van der Waals surface area contributed by atoms with E-state index in [0.717, 1.165) is 167 Å². The van der Waals surface area contributed by atoms with Crippen LogP contribution in [0.5, 0.6) is 0 Å². The fourth-order valence-corrected chi connectivity index (χ4v) is 13.2. The Hall–Kier alpha value is -4.83. The minimum atomic E-state index is -4.94. The summed E-state index contributed by atoms with van der Waals surface area (Å²) in [6.45, 7) is 2.43. The highest BCUT2D eigenvalue weighted by Gasteiger charge is 2.29. The molecule has 636 valence electrons. The van der Waals surface area contributed by atoms with E-state index in [9.17, 15) is 43.5 Å². The Balaban J connectivity index is 4.51. The molecule has 0 heterocycles. The average Bonchev–Trinajstić information content (AvgIpc) is 0.971. The predicted octanol–water partition coefficient (Wildman–Crippen LogP) is 26.5. The van der Waals surface area contributed by atoms with Crippen molar-refractivity contribution in [2.45, 2.75) is 373 Å². The van der Waals surface area contributed by atoms with Crippen molar-refractivity contribution in [3.63, 3.8) is 0 Å². The van der Waals surface area contributed by atoms with E-state index in [1.807, 2.05) is 0 Å². The topological polar surface area (TPSA) is 231 Å². The minimum absolute atomic E-state index is 0.0847. The molecule has 0 radical (unpaired) electrons. The van der Waals surface area contributed by atoms with Crippen molar-refractivity contribution in [3.05, 3.63) is 158 Å². The van der Waals surface area contributed by atoms with Crippen LogP contribution < -0.4 is 0 Å². The number of rotatable bonds is 82. The third-order valence-electron chi connectivity index (χ3n) is 18.2. The molecule has 0 aliphatic carbocycles. The monoisotopic (exact) mass is 1590 g/mol. The number of ether oxygens (including phenoxy) is 3. The molecule has 0 rings (SSSR count). The summed E-state index contributed by atoms with van der Waals surface area (Å²) in [6, 6.07) is 0. The molecule has 5 unspecified atom stereocenters. The number of aliphatic hydroxyl groups is 2. The van der Waals surface area contributed by atoms with Crippen LogP contribution in [-0.2, 0) is 55.8 Å². The SMILES string of the molecule is CC/C=C\C/C=C\C/C=C\C/C=C\C/C=C\C/C=C\CCCCCCCCCCCCC(=O)OCC(COP(=O)(O)OCC(O)COP(=O)(O)OCC(O)COC(=O)CCCCCCCCCCCCCCCCC/C=C\C/C=C\C/C=C\C/C=C\C/C=C\CC)OC(=O)CCCCCCC/C=C\C/C=C\CCCCC. The lowest BCUT2D eigenvalue weighted by molar-refractivity contribution is -0.161. The predicted molar refractivity (Wildman–Crippen MR) is 463 cm³/mol. The maximum Gasteiger partial charge on any atom is 0.472 e. The smallest absolute Gasteiger partial charge is 0.463 e. The zero-order valence-electron chi connectivity index (χ0n) is 69.8. The molecule has 0 fully saturated rings. The molecule has 0 aliphatic rings. The van der Waals surface area contributed by atoms with Gasteiger partial charge in [0.2, 0.25) is 0 Å². The molecule has 0 aliphatic heterocycles. The first-order chi connectivity index (χ1) is 54.2. The van der Waals surface area contributed by atoms with Crippen LogP contribution in [0.2, 0.25) is 0 Å². The number of phosphoric ester groups is 2. The second kappa shape index (κ2) is 84.6. The van der Waals surface area contributed by atoms with Crippen molar-refractivity contribution in [1.29, 1.82) is 0 Å². The van der Waals surface area contributed by atoms with Crippen LogP contribution in [0.1, 0.15) is 355 Å². The van der Waals surface area contributed by atoms with Gasteiger partial charge in [-0.25, -0.2) is 9.13 Å². The molecule has 0 saturated carbocycles. The average molecular weight is 1590 g/mol. The highest BCUT2D eigenvalue weighted by molar-refractivity contribution is 7.47. The zero-order chi connectivity index (χ0) is 80.8. The number of aliphatic hydroxyl groups excluding tert-OH is 2. The highest BCUT2D eigenvalue weighted by Crippen LogP contribution is 2.45. The Labute approximate surface area is 676 Å². The van der Waals surface area contributed by atoms with Gasteiger partial charge < -0.3 is 34.2 Å². The lowest BCUT2D eigenvalue weighted by Gasteiger charge is -2.21. The number of carbonyl (C=O) groups excluding carboxylic acids is 3. The van der Waals surface area contributed by atoms with E-state index < -0.39 is 91.5 Å². The van der Waals surface area contributed by atoms with Crippen LogP contribution in [0.15, 0.2) is 158 Å². The third-order valence-corrected chi connectivity index (χ3v) is 20.1. The summed E-state index contributed by atoms with van der Waals surface area (Å²) in [5.41, 5.74) is 0.